The van der Waals surface area contributed by atoms with Crippen LogP contribution in [0.15, 0.2) is 18.2 Å². The van der Waals surface area contributed by atoms with Gasteiger partial charge < -0.3 is 19.7 Å². The molecule has 0 saturated carbocycles. The Morgan fingerprint density at radius 2 is 2.14 bits per heavy atom. The SMILES string of the molecule is CCN1CC(C(=O)Nc2ccc3c(c2)OC(F)(F)O3)CC1=O. The zero-order valence-electron chi connectivity index (χ0n) is 11.8. The Morgan fingerprint density at radius 1 is 1.41 bits per heavy atom. The van der Waals surface area contributed by atoms with Gasteiger partial charge in [-0.1, -0.05) is 0 Å². The number of alkyl halides is 2. The molecule has 1 unspecified atom stereocenters. The summed E-state index contributed by atoms with van der Waals surface area (Å²) in [7, 11) is 0. The topological polar surface area (TPSA) is 67.9 Å². The van der Waals surface area contributed by atoms with Crippen LogP contribution >= 0.6 is 0 Å². The highest BCUT2D eigenvalue weighted by molar-refractivity contribution is 5.97. The van der Waals surface area contributed by atoms with Crippen LogP contribution < -0.4 is 14.8 Å². The zero-order chi connectivity index (χ0) is 15.9. The Bertz CT molecular complexity index is 635. The summed E-state index contributed by atoms with van der Waals surface area (Å²) in [5.74, 6) is -1.06. The first-order chi connectivity index (χ1) is 10.4. The lowest BCUT2D eigenvalue weighted by molar-refractivity contribution is -0.286. The van der Waals surface area contributed by atoms with Crippen molar-refractivity contribution in [2.24, 2.45) is 5.92 Å². The molecular formula is C14H14F2N2O4. The fraction of sp³-hybridized carbons (Fsp3) is 0.429. The summed E-state index contributed by atoms with van der Waals surface area (Å²) in [4.78, 5) is 25.4. The van der Waals surface area contributed by atoms with E-state index in [2.05, 4.69) is 14.8 Å². The molecule has 22 heavy (non-hydrogen) atoms. The van der Waals surface area contributed by atoms with Crippen molar-refractivity contribution in [2.45, 2.75) is 19.6 Å². The molecule has 0 spiro atoms. The van der Waals surface area contributed by atoms with Crippen molar-refractivity contribution >= 4 is 17.5 Å². The number of hydrogen-bond acceptors (Lipinski definition) is 4. The van der Waals surface area contributed by atoms with Crippen LogP contribution in [0.1, 0.15) is 13.3 Å². The second-order valence-corrected chi connectivity index (χ2v) is 5.15. The van der Waals surface area contributed by atoms with Crippen molar-refractivity contribution in [3.8, 4) is 11.5 Å². The number of amides is 2. The van der Waals surface area contributed by atoms with E-state index in [4.69, 9.17) is 0 Å². The minimum atomic E-state index is -3.69. The molecule has 1 aromatic carbocycles. The predicted molar refractivity (Wildman–Crippen MR) is 71.6 cm³/mol. The predicted octanol–water partition coefficient (Wildman–Crippen LogP) is 1.82. The Hall–Kier alpha value is -2.38. The van der Waals surface area contributed by atoms with Crippen molar-refractivity contribution in [3.63, 3.8) is 0 Å². The Labute approximate surface area is 125 Å². The molecule has 3 rings (SSSR count). The van der Waals surface area contributed by atoms with Crippen LogP contribution in [-0.4, -0.2) is 36.1 Å². The highest BCUT2D eigenvalue weighted by atomic mass is 19.3. The first kappa shape index (κ1) is 14.6. The van der Waals surface area contributed by atoms with Crippen molar-refractivity contribution in [3.05, 3.63) is 18.2 Å². The van der Waals surface area contributed by atoms with E-state index >= 15 is 0 Å². The van der Waals surface area contributed by atoms with Gasteiger partial charge in [0, 0.05) is 31.3 Å². The number of ether oxygens (including phenoxy) is 2. The lowest BCUT2D eigenvalue weighted by Gasteiger charge is -2.13. The smallest absolute Gasteiger partial charge is 0.395 e. The number of hydrogen-bond donors (Lipinski definition) is 1. The monoisotopic (exact) mass is 312 g/mol. The summed E-state index contributed by atoms with van der Waals surface area (Å²) in [6.07, 6.45) is -3.53. The molecule has 2 aliphatic rings. The molecule has 2 heterocycles. The summed E-state index contributed by atoms with van der Waals surface area (Å²) in [6.45, 7) is 2.77. The van der Waals surface area contributed by atoms with Gasteiger partial charge in [0.15, 0.2) is 11.5 Å². The number of rotatable bonds is 3. The highest BCUT2D eigenvalue weighted by Crippen LogP contribution is 2.42. The minimum Gasteiger partial charge on any atom is -0.395 e. The fourth-order valence-corrected chi connectivity index (χ4v) is 2.52. The highest BCUT2D eigenvalue weighted by Gasteiger charge is 2.43. The number of nitrogens with zero attached hydrogens (tertiary/aromatic N) is 1. The number of fused-ring (bicyclic) bond motifs is 1. The maximum atomic E-state index is 12.9. The number of nitrogens with one attached hydrogen (secondary N) is 1. The third-order valence-electron chi connectivity index (χ3n) is 3.64. The summed E-state index contributed by atoms with van der Waals surface area (Å²) in [5.41, 5.74) is 0.312. The lowest BCUT2D eigenvalue weighted by atomic mass is 10.1. The lowest BCUT2D eigenvalue weighted by Crippen LogP contribution is -2.28. The number of halogens is 2. The van der Waals surface area contributed by atoms with Crippen molar-refractivity contribution in [2.75, 3.05) is 18.4 Å². The van der Waals surface area contributed by atoms with Crippen molar-refractivity contribution < 1.29 is 27.8 Å². The van der Waals surface area contributed by atoms with E-state index in [1.165, 1.54) is 18.2 Å². The van der Waals surface area contributed by atoms with Crippen LogP contribution in [0.25, 0.3) is 0 Å². The zero-order valence-corrected chi connectivity index (χ0v) is 11.8. The molecule has 0 aliphatic carbocycles. The van der Waals surface area contributed by atoms with Crippen LogP contribution in [0.4, 0.5) is 14.5 Å². The number of carbonyl (C=O) groups excluding carboxylic acids is 2. The minimum absolute atomic E-state index is 0.0621. The van der Waals surface area contributed by atoms with Gasteiger partial charge in [0.25, 0.3) is 0 Å². The van der Waals surface area contributed by atoms with Gasteiger partial charge in [-0.25, -0.2) is 0 Å². The molecule has 1 fully saturated rings. The van der Waals surface area contributed by atoms with Gasteiger partial charge in [-0.15, -0.1) is 8.78 Å². The van der Waals surface area contributed by atoms with Crippen LogP contribution in [0.2, 0.25) is 0 Å². The standard InChI is InChI=1S/C14H14F2N2O4/c1-2-18-7-8(5-12(18)19)13(20)17-9-3-4-10-11(6-9)22-14(15,16)21-10/h3-4,6,8H,2,5,7H2,1H3,(H,17,20). The first-order valence-corrected chi connectivity index (χ1v) is 6.86. The number of likely N-dealkylation sites (tertiary alicyclic amines) is 1. The molecule has 2 amide bonds. The summed E-state index contributed by atoms with van der Waals surface area (Å²) in [5, 5.41) is 2.61. The van der Waals surface area contributed by atoms with E-state index < -0.39 is 12.2 Å². The maximum Gasteiger partial charge on any atom is 0.586 e. The summed E-state index contributed by atoms with van der Waals surface area (Å²) in [6, 6.07) is 4.00. The van der Waals surface area contributed by atoms with Crippen LogP contribution in [0, 0.1) is 5.92 Å². The van der Waals surface area contributed by atoms with Gasteiger partial charge in [0.2, 0.25) is 11.8 Å². The van der Waals surface area contributed by atoms with Crippen LogP contribution in [-0.2, 0) is 9.59 Å². The summed E-state index contributed by atoms with van der Waals surface area (Å²) < 4.78 is 34.5. The molecule has 0 radical (unpaired) electrons. The van der Waals surface area contributed by atoms with E-state index in [9.17, 15) is 18.4 Å². The fourth-order valence-electron chi connectivity index (χ4n) is 2.52. The maximum absolute atomic E-state index is 12.9. The molecule has 8 heteroatoms. The quantitative estimate of drug-likeness (QED) is 0.924. The van der Waals surface area contributed by atoms with E-state index in [1.807, 2.05) is 6.92 Å². The Kier molecular flexibility index (Phi) is 3.38. The van der Waals surface area contributed by atoms with Gasteiger partial charge in [-0.3, -0.25) is 9.59 Å². The van der Waals surface area contributed by atoms with Crippen molar-refractivity contribution in [1.29, 1.82) is 0 Å². The molecule has 2 aliphatic heterocycles. The third kappa shape index (κ3) is 2.68. The molecular weight excluding hydrogens is 298 g/mol. The largest absolute Gasteiger partial charge is 0.586 e. The third-order valence-corrected chi connectivity index (χ3v) is 3.64. The molecule has 0 bridgehead atoms. The van der Waals surface area contributed by atoms with Crippen LogP contribution in [0.3, 0.4) is 0 Å². The molecule has 118 valence electrons. The molecule has 1 aromatic rings. The molecule has 6 nitrogen and oxygen atoms in total. The first-order valence-electron chi connectivity index (χ1n) is 6.86. The molecule has 0 aromatic heterocycles. The Balaban J connectivity index is 1.67. The van der Waals surface area contributed by atoms with Crippen molar-refractivity contribution in [1.82, 2.24) is 4.90 Å². The van der Waals surface area contributed by atoms with Crippen LogP contribution in [0.5, 0.6) is 11.5 Å². The van der Waals surface area contributed by atoms with E-state index in [0.29, 0.717) is 18.8 Å². The summed E-state index contributed by atoms with van der Waals surface area (Å²) >= 11 is 0. The van der Waals surface area contributed by atoms with Gasteiger partial charge in [0.1, 0.15) is 0 Å². The number of carbonyl (C=O) groups is 2. The van der Waals surface area contributed by atoms with E-state index in [1.54, 1.807) is 4.90 Å². The van der Waals surface area contributed by atoms with E-state index in [0.717, 1.165) is 0 Å². The Morgan fingerprint density at radius 3 is 2.82 bits per heavy atom. The number of anilines is 1. The van der Waals surface area contributed by atoms with Gasteiger partial charge in [-0.2, -0.15) is 0 Å². The molecule has 1 saturated heterocycles. The second-order valence-electron chi connectivity index (χ2n) is 5.15. The van der Waals surface area contributed by atoms with Gasteiger partial charge in [0.05, 0.1) is 5.92 Å². The average Bonchev–Trinajstić information content (AvgIpc) is 2.96. The normalized spacial score (nSPS) is 22.0. The average molecular weight is 312 g/mol. The van der Waals surface area contributed by atoms with Gasteiger partial charge >= 0.3 is 6.29 Å². The second kappa shape index (κ2) is 5.11. The van der Waals surface area contributed by atoms with E-state index in [-0.39, 0.29) is 29.7 Å². The van der Waals surface area contributed by atoms with Gasteiger partial charge in [-0.05, 0) is 19.1 Å². The molecule has 1 atom stereocenters. The molecule has 1 N–H and O–H groups in total. The number of benzene rings is 1.